The molecule has 1 aliphatic heterocycles. The van der Waals surface area contributed by atoms with Crippen LogP contribution in [0.15, 0.2) is 4.52 Å². The second kappa shape index (κ2) is 4.58. The predicted molar refractivity (Wildman–Crippen MR) is 51.1 cm³/mol. The van der Waals surface area contributed by atoms with Crippen LogP contribution in [0.3, 0.4) is 0 Å². The topological polar surface area (TPSA) is 51.0 Å². The van der Waals surface area contributed by atoms with Crippen LogP contribution in [0.25, 0.3) is 0 Å². The number of halogens is 1. The van der Waals surface area contributed by atoms with Crippen molar-refractivity contribution in [1.82, 2.24) is 15.5 Å². The van der Waals surface area contributed by atoms with Crippen LogP contribution < -0.4 is 5.32 Å². The van der Waals surface area contributed by atoms with Crippen LogP contribution >= 0.6 is 12.4 Å². The molecule has 0 aliphatic carbocycles. The fourth-order valence-corrected chi connectivity index (χ4v) is 1.55. The average Bonchev–Trinajstić information content (AvgIpc) is 2.54. The Kier molecular flexibility index (Phi) is 3.69. The normalized spacial score (nSPS) is 22.4. The van der Waals surface area contributed by atoms with Gasteiger partial charge in [-0.3, -0.25) is 0 Å². The quantitative estimate of drug-likeness (QED) is 0.747. The van der Waals surface area contributed by atoms with E-state index in [2.05, 4.69) is 15.5 Å². The Balaban J connectivity index is 0.000000845. The first-order valence-corrected chi connectivity index (χ1v) is 4.37. The Morgan fingerprint density at radius 3 is 2.92 bits per heavy atom. The van der Waals surface area contributed by atoms with E-state index < -0.39 is 0 Å². The number of nitrogens with zero attached hydrogens (tertiary/aromatic N) is 2. The van der Waals surface area contributed by atoms with E-state index in [0.29, 0.717) is 11.8 Å². The van der Waals surface area contributed by atoms with E-state index in [1.165, 1.54) is 12.8 Å². The molecule has 1 N–H and O–H groups in total. The van der Waals surface area contributed by atoms with Gasteiger partial charge in [-0.25, -0.2) is 0 Å². The highest BCUT2D eigenvalue weighted by Crippen LogP contribution is 2.19. The Morgan fingerprint density at radius 1 is 1.54 bits per heavy atom. The zero-order valence-electron chi connectivity index (χ0n) is 7.62. The zero-order chi connectivity index (χ0) is 8.39. The fourth-order valence-electron chi connectivity index (χ4n) is 1.55. The summed E-state index contributed by atoms with van der Waals surface area (Å²) in [6.07, 6.45) is 2.38. The molecule has 2 rings (SSSR count). The number of nitrogens with one attached hydrogen (secondary N) is 1. The molecule has 1 saturated heterocycles. The lowest BCUT2D eigenvalue weighted by atomic mass is 9.99. The van der Waals surface area contributed by atoms with Crippen molar-refractivity contribution in [3.8, 4) is 0 Å². The predicted octanol–water partition coefficient (Wildman–Crippen LogP) is 1.27. The van der Waals surface area contributed by atoms with E-state index in [0.717, 1.165) is 18.9 Å². The van der Waals surface area contributed by atoms with E-state index in [9.17, 15) is 0 Å². The van der Waals surface area contributed by atoms with Gasteiger partial charge < -0.3 is 9.84 Å². The van der Waals surface area contributed by atoms with Crippen molar-refractivity contribution in [1.29, 1.82) is 0 Å². The maximum atomic E-state index is 4.93. The van der Waals surface area contributed by atoms with Crippen molar-refractivity contribution in [2.45, 2.75) is 25.7 Å². The molecule has 0 saturated carbocycles. The van der Waals surface area contributed by atoms with Crippen LogP contribution in [0.1, 0.15) is 30.5 Å². The molecule has 1 atom stereocenters. The first-order valence-electron chi connectivity index (χ1n) is 4.37. The second-order valence-electron chi connectivity index (χ2n) is 3.21. The van der Waals surface area contributed by atoms with Gasteiger partial charge in [0.25, 0.3) is 0 Å². The molecule has 4 nitrogen and oxygen atoms in total. The summed E-state index contributed by atoms with van der Waals surface area (Å²) in [5, 5.41) is 7.23. The van der Waals surface area contributed by atoms with E-state index in [1.807, 2.05) is 6.92 Å². The molecular weight excluding hydrogens is 190 g/mol. The lowest BCUT2D eigenvalue weighted by Crippen LogP contribution is -2.28. The lowest BCUT2D eigenvalue weighted by Gasteiger charge is -2.19. The minimum absolute atomic E-state index is 0. The molecule has 1 aliphatic rings. The summed E-state index contributed by atoms with van der Waals surface area (Å²) in [6, 6.07) is 0. The van der Waals surface area contributed by atoms with Gasteiger partial charge in [-0.2, -0.15) is 4.98 Å². The SMILES string of the molecule is Cc1nc(C2CCCNC2)no1.Cl. The van der Waals surface area contributed by atoms with Crippen LogP contribution in [0, 0.1) is 6.92 Å². The fraction of sp³-hybridized carbons (Fsp3) is 0.750. The monoisotopic (exact) mass is 203 g/mol. The maximum Gasteiger partial charge on any atom is 0.223 e. The van der Waals surface area contributed by atoms with Crippen molar-refractivity contribution >= 4 is 12.4 Å². The van der Waals surface area contributed by atoms with Crippen molar-refractivity contribution < 1.29 is 4.52 Å². The highest BCUT2D eigenvalue weighted by atomic mass is 35.5. The Morgan fingerprint density at radius 2 is 2.38 bits per heavy atom. The average molecular weight is 204 g/mol. The van der Waals surface area contributed by atoms with Gasteiger partial charge in [0.05, 0.1) is 0 Å². The molecule has 2 heterocycles. The Labute approximate surface area is 83.5 Å². The minimum atomic E-state index is 0. The molecular formula is C8H14ClN3O. The second-order valence-corrected chi connectivity index (χ2v) is 3.21. The Hall–Kier alpha value is -0.610. The molecule has 1 unspecified atom stereocenters. The molecule has 0 spiro atoms. The summed E-state index contributed by atoms with van der Waals surface area (Å²) in [6.45, 7) is 3.93. The first-order chi connectivity index (χ1) is 5.86. The molecule has 1 fully saturated rings. The summed E-state index contributed by atoms with van der Waals surface area (Å²) in [4.78, 5) is 4.22. The first kappa shape index (κ1) is 10.5. The van der Waals surface area contributed by atoms with Crippen molar-refractivity contribution in [3.05, 3.63) is 11.7 Å². The van der Waals surface area contributed by atoms with E-state index in [-0.39, 0.29) is 12.4 Å². The van der Waals surface area contributed by atoms with Crippen molar-refractivity contribution in [2.24, 2.45) is 0 Å². The number of aryl methyl sites for hydroxylation is 1. The van der Waals surface area contributed by atoms with Crippen LogP contribution in [0.2, 0.25) is 0 Å². The van der Waals surface area contributed by atoms with Crippen molar-refractivity contribution in [3.63, 3.8) is 0 Å². The third-order valence-electron chi connectivity index (χ3n) is 2.21. The lowest BCUT2D eigenvalue weighted by molar-refractivity contribution is 0.371. The molecule has 1 aromatic heterocycles. The summed E-state index contributed by atoms with van der Waals surface area (Å²) in [7, 11) is 0. The third kappa shape index (κ3) is 2.42. The number of hydrogen-bond donors (Lipinski definition) is 1. The van der Waals surface area contributed by atoms with Gasteiger partial charge in [0.2, 0.25) is 5.89 Å². The number of aromatic nitrogens is 2. The van der Waals surface area contributed by atoms with Crippen LogP contribution in [0.4, 0.5) is 0 Å². The van der Waals surface area contributed by atoms with Gasteiger partial charge in [0, 0.05) is 19.4 Å². The zero-order valence-corrected chi connectivity index (χ0v) is 8.43. The van der Waals surface area contributed by atoms with E-state index in [4.69, 9.17) is 4.52 Å². The standard InChI is InChI=1S/C8H13N3O.ClH/c1-6-10-8(11-12-6)7-3-2-4-9-5-7;/h7,9H,2-5H2,1H3;1H. The maximum absolute atomic E-state index is 4.93. The highest BCUT2D eigenvalue weighted by Gasteiger charge is 2.19. The molecule has 0 amide bonds. The minimum Gasteiger partial charge on any atom is -0.340 e. The van der Waals surface area contributed by atoms with Gasteiger partial charge >= 0.3 is 0 Å². The van der Waals surface area contributed by atoms with Gasteiger partial charge in [-0.1, -0.05) is 5.16 Å². The van der Waals surface area contributed by atoms with Gasteiger partial charge in [-0.05, 0) is 19.4 Å². The Bertz CT molecular complexity index is 258. The summed E-state index contributed by atoms with van der Waals surface area (Å²) < 4.78 is 4.93. The van der Waals surface area contributed by atoms with Gasteiger partial charge in [0.15, 0.2) is 5.82 Å². The molecule has 0 aromatic carbocycles. The van der Waals surface area contributed by atoms with Crippen LogP contribution in [-0.4, -0.2) is 23.2 Å². The van der Waals surface area contributed by atoms with Gasteiger partial charge in [-0.15, -0.1) is 12.4 Å². The van der Waals surface area contributed by atoms with Crippen LogP contribution in [0.5, 0.6) is 0 Å². The molecule has 0 bridgehead atoms. The van der Waals surface area contributed by atoms with E-state index in [1.54, 1.807) is 0 Å². The molecule has 13 heavy (non-hydrogen) atoms. The summed E-state index contributed by atoms with van der Waals surface area (Å²) in [5.41, 5.74) is 0. The summed E-state index contributed by atoms with van der Waals surface area (Å²) >= 11 is 0. The van der Waals surface area contributed by atoms with Crippen molar-refractivity contribution in [2.75, 3.05) is 13.1 Å². The smallest absolute Gasteiger partial charge is 0.223 e. The number of rotatable bonds is 1. The van der Waals surface area contributed by atoms with Crippen LogP contribution in [-0.2, 0) is 0 Å². The molecule has 1 aromatic rings. The van der Waals surface area contributed by atoms with Gasteiger partial charge in [0.1, 0.15) is 0 Å². The largest absolute Gasteiger partial charge is 0.340 e. The highest BCUT2D eigenvalue weighted by molar-refractivity contribution is 5.85. The molecule has 5 heteroatoms. The molecule has 74 valence electrons. The third-order valence-corrected chi connectivity index (χ3v) is 2.21. The van der Waals surface area contributed by atoms with E-state index >= 15 is 0 Å². The number of piperidine rings is 1. The summed E-state index contributed by atoms with van der Waals surface area (Å²) in [5.74, 6) is 1.98. The molecule has 0 radical (unpaired) electrons. The number of hydrogen-bond acceptors (Lipinski definition) is 4.